The maximum atomic E-state index is 6.23. The minimum absolute atomic E-state index is 0.382. The monoisotopic (exact) mass is 275 g/mol. The minimum Gasteiger partial charge on any atom is -0.495 e. The second kappa shape index (κ2) is 6.02. The largest absolute Gasteiger partial charge is 0.495 e. The Morgan fingerprint density at radius 2 is 1.85 bits per heavy atom. The molecule has 4 heteroatoms. The van der Waals surface area contributed by atoms with Crippen molar-refractivity contribution in [2.45, 2.75) is 31.3 Å². The van der Waals surface area contributed by atoms with E-state index < -0.39 is 0 Å². The first-order chi connectivity index (χ1) is 9.79. The molecule has 2 atom stereocenters. The van der Waals surface area contributed by atoms with Crippen LogP contribution in [0.1, 0.15) is 19.3 Å². The summed E-state index contributed by atoms with van der Waals surface area (Å²) in [7, 11) is 1.74. The van der Waals surface area contributed by atoms with E-state index in [9.17, 15) is 0 Å². The van der Waals surface area contributed by atoms with Gasteiger partial charge in [-0.25, -0.2) is 0 Å². The molecule has 1 aliphatic heterocycles. The van der Waals surface area contributed by atoms with Gasteiger partial charge in [0.05, 0.1) is 12.8 Å². The molecule has 1 heterocycles. The van der Waals surface area contributed by atoms with Gasteiger partial charge >= 0.3 is 0 Å². The summed E-state index contributed by atoms with van der Waals surface area (Å²) in [5.74, 6) is 0.971. The van der Waals surface area contributed by atoms with Crippen molar-refractivity contribution in [3.63, 3.8) is 0 Å². The molecule has 1 aromatic carbocycles. The Hall–Kier alpha value is -1.26. The standard InChI is InChI=1S/C16H25N3O/c1-20-16-8-3-2-6-15(16)19-11-9-18(10-12-19)14-7-4-5-13(14)17/h2-3,6,8,13-14H,4-5,7,9-12,17H2,1H3. The highest BCUT2D eigenvalue weighted by molar-refractivity contribution is 5.58. The van der Waals surface area contributed by atoms with Crippen molar-refractivity contribution < 1.29 is 4.74 Å². The van der Waals surface area contributed by atoms with E-state index in [0.29, 0.717) is 12.1 Å². The lowest BCUT2D eigenvalue weighted by Crippen LogP contribution is -2.54. The molecule has 1 aliphatic carbocycles. The van der Waals surface area contributed by atoms with Gasteiger partial charge in [-0.2, -0.15) is 0 Å². The van der Waals surface area contributed by atoms with E-state index in [0.717, 1.165) is 31.9 Å². The number of nitrogens with two attached hydrogens (primary N) is 1. The number of anilines is 1. The first-order valence-electron chi connectivity index (χ1n) is 7.67. The van der Waals surface area contributed by atoms with Crippen molar-refractivity contribution >= 4 is 5.69 Å². The number of nitrogens with zero attached hydrogens (tertiary/aromatic N) is 2. The van der Waals surface area contributed by atoms with Crippen molar-refractivity contribution in [3.05, 3.63) is 24.3 Å². The van der Waals surface area contributed by atoms with Gasteiger partial charge in [0, 0.05) is 38.3 Å². The Kier molecular flexibility index (Phi) is 4.13. The Bertz CT molecular complexity index is 443. The number of hydrogen-bond donors (Lipinski definition) is 1. The van der Waals surface area contributed by atoms with Crippen LogP contribution in [-0.2, 0) is 0 Å². The van der Waals surface area contributed by atoms with Crippen LogP contribution in [-0.4, -0.2) is 50.3 Å². The summed E-state index contributed by atoms with van der Waals surface area (Å²) in [5, 5.41) is 0. The molecule has 20 heavy (non-hydrogen) atoms. The topological polar surface area (TPSA) is 41.7 Å². The second-order valence-electron chi connectivity index (χ2n) is 5.86. The molecule has 3 rings (SSSR count). The van der Waals surface area contributed by atoms with Gasteiger partial charge < -0.3 is 15.4 Å². The highest BCUT2D eigenvalue weighted by Gasteiger charge is 2.31. The number of ether oxygens (including phenoxy) is 1. The SMILES string of the molecule is COc1ccccc1N1CCN(C2CCCC2N)CC1. The molecule has 2 N–H and O–H groups in total. The quantitative estimate of drug-likeness (QED) is 0.911. The van der Waals surface area contributed by atoms with Gasteiger partial charge in [0.2, 0.25) is 0 Å². The summed E-state index contributed by atoms with van der Waals surface area (Å²) < 4.78 is 5.47. The zero-order valence-corrected chi connectivity index (χ0v) is 12.3. The van der Waals surface area contributed by atoms with E-state index in [1.165, 1.54) is 24.9 Å². The fraction of sp³-hybridized carbons (Fsp3) is 0.625. The normalized spacial score (nSPS) is 27.8. The van der Waals surface area contributed by atoms with E-state index in [4.69, 9.17) is 10.5 Å². The molecular weight excluding hydrogens is 250 g/mol. The third kappa shape index (κ3) is 2.63. The fourth-order valence-electron chi connectivity index (χ4n) is 3.61. The molecule has 1 aromatic rings. The number of rotatable bonds is 3. The minimum atomic E-state index is 0.382. The highest BCUT2D eigenvalue weighted by Crippen LogP contribution is 2.30. The van der Waals surface area contributed by atoms with Crippen LogP contribution >= 0.6 is 0 Å². The van der Waals surface area contributed by atoms with Crippen molar-refractivity contribution in [1.29, 1.82) is 0 Å². The molecule has 0 bridgehead atoms. The highest BCUT2D eigenvalue weighted by atomic mass is 16.5. The Morgan fingerprint density at radius 3 is 2.50 bits per heavy atom. The van der Waals surface area contributed by atoms with E-state index in [-0.39, 0.29) is 0 Å². The molecule has 1 saturated heterocycles. The summed E-state index contributed by atoms with van der Waals surface area (Å²) in [4.78, 5) is 5.01. The lowest BCUT2D eigenvalue weighted by molar-refractivity contribution is 0.174. The predicted octanol–water partition coefficient (Wildman–Crippen LogP) is 1.70. The summed E-state index contributed by atoms with van der Waals surface area (Å²) in [6.07, 6.45) is 3.76. The smallest absolute Gasteiger partial charge is 0.142 e. The number of methoxy groups -OCH3 is 1. The molecule has 4 nitrogen and oxygen atoms in total. The lowest BCUT2D eigenvalue weighted by atomic mass is 10.1. The molecule has 2 aliphatic rings. The Balaban J connectivity index is 1.63. The van der Waals surface area contributed by atoms with Crippen LogP contribution in [0, 0.1) is 0 Å². The zero-order chi connectivity index (χ0) is 13.9. The second-order valence-corrected chi connectivity index (χ2v) is 5.86. The fourth-order valence-corrected chi connectivity index (χ4v) is 3.61. The molecule has 0 aromatic heterocycles. The number of hydrogen-bond acceptors (Lipinski definition) is 4. The van der Waals surface area contributed by atoms with Crippen LogP contribution in [0.25, 0.3) is 0 Å². The average Bonchev–Trinajstić information content (AvgIpc) is 2.93. The van der Waals surface area contributed by atoms with E-state index in [1.807, 2.05) is 12.1 Å². The maximum Gasteiger partial charge on any atom is 0.142 e. The van der Waals surface area contributed by atoms with Crippen molar-refractivity contribution in [1.82, 2.24) is 4.90 Å². The summed E-state index contributed by atoms with van der Waals surface area (Å²) >= 11 is 0. The lowest BCUT2D eigenvalue weighted by Gasteiger charge is -2.40. The van der Waals surface area contributed by atoms with Crippen LogP contribution in [0.15, 0.2) is 24.3 Å². The van der Waals surface area contributed by atoms with Crippen molar-refractivity contribution in [3.8, 4) is 5.75 Å². The van der Waals surface area contributed by atoms with Crippen LogP contribution in [0.5, 0.6) is 5.75 Å². The Morgan fingerprint density at radius 1 is 1.10 bits per heavy atom. The summed E-state index contributed by atoms with van der Waals surface area (Å²) in [5.41, 5.74) is 7.44. The summed E-state index contributed by atoms with van der Waals surface area (Å²) in [6.45, 7) is 4.33. The van der Waals surface area contributed by atoms with Crippen LogP contribution in [0.3, 0.4) is 0 Å². The van der Waals surface area contributed by atoms with Gasteiger partial charge in [-0.05, 0) is 25.0 Å². The molecular formula is C16H25N3O. The average molecular weight is 275 g/mol. The van der Waals surface area contributed by atoms with E-state index in [1.54, 1.807) is 7.11 Å². The number of piperazine rings is 1. The first kappa shape index (κ1) is 13.7. The molecule has 0 spiro atoms. The van der Waals surface area contributed by atoms with E-state index in [2.05, 4.69) is 21.9 Å². The third-order valence-electron chi connectivity index (χ3n) is 4.74. The van der Waals surface area contributed by atoms with Crippen LogP contribution in [0.4, 0.5) is 5.69 Å². The van der Waals surface area contributed by atoms with Gasteiger partial charge in [0.25, 0.3) is 0 Å². The first-order valence-corrected chi connectivity index (χ1v) is 7.67. The number of benzene rings is 1. The maximum absolute atomic E-state index is 6.23. The molecule has 1 saturated carbocycles. The van der Waals surface area contributed by atoms with Crippen molar-refractivity contribution in [2.75, 3.05) is 38.2 Å². The molecule has 0 amide bonds. The Labute approximate surface area is 121 Å². The van der Waals surface area contributed by atoms with Gasteiger partial charge in [-0.3, -0.25) is 4.90 Å². The molecule has 2 fully saturated rings. The third-order valence-corrected chi connectivity index (χ3v) is 4.74. The van der Waals surface area contributed by atoms with E-state index >= 15 is 0 Å². The molecule has 110 valence electrons. The van der Waals surface area contributed by atoms with Crippen molar-refractivity contribution in [2.24, 2.45) is 5.73 Å². The molecule has 0 radical (unpaired) electrons. The summed E-state index contributed by atoms with van der Waals surface area (Å²) in [6, 6.07) is 9.28. The molecule has 2 unspecified atom stereocenters. The van der Waals surface area contributed by atoms with Crippen LogP contribution in [0.2, 0.25) is 0 Å². The van der Waals surface area contributed by atoms with Gasteiger partial charge in [-0.1, -0.05) is 18.6 Å². The van der Waals surface area contributed by atoms with Gasteiger partial charge in [0.15, 0.2) is 0 Å². The number of para-hydroxylation sites is 2. The predicted molar refractivity (Wildman–Crippen MR) is 82.4 cm³/mol. The zero-order valence-electron chi connectivity index (χ0n) is 12.3. The van der Waals surface area contributed by atoms with Crippen LogP contribution < -0.4 is 15.4 Å². The van der Waals surface area contributed by atoms with Gasteiger partial charge in [-0.15, -0.1) is 0 Å². The van der Waals surface area contributed by atoms with Gasteiger partial charge in [0.1, 0.15) is 5.75 Å².